The fourth-order valence-corrected chi connectivity index (χ4v) is 2.24. The minimum absolute atomic E-state index is 0.219. The van der Waals surface area contributed by atoms with E-state index < -0.39 is 0 Å². The van der Waals surface area contributed by atoms with Gasteiger partial charge in [-0.25, -0.2) is 0 Å². The summed E-state index contributed by atoms with van der Waals surface area (Å²) < 4.78 is 5.41. The minimum atomic E-state index is -0.219. The molecular formula is C19H34N4O. The SMILES string of the molecule is CCN(CC)Cc1ccc(CNC(=NC)NCC(C)(C)OC)cc1. The van der Waals surface area contributed by atoms with Crippen LogP contribution in [0.2, 0.25) is 0 Å². The van der Waals surface area contributed by atoms with Gasteiger partial charge in [0.05, 0.1) is 5.60 Å². The summed E-state index contributed by atoms with van der Waals surface area (Å²) in [5.41, 5.74) is 2.38. The molecule has 0 heterocycles. The lowest BCUT2D eigenvalue weighted by Crippen LogP contribution is -2.45. The third kappa shape index (κ3) is 7.32. The molecule has 0 spiro atoms. The molecule has 0 aliphatic carbocycles. The van der Waals surface area contributed by atoms with Crippen molar-refractivity contribution in [3.63, 3.8) is 0 Å². The molecule has 0 aliphatic rings. The Kier molecular flexibility index (Phi) is 8.79. The van der Waals surface area contributed by atoms with Crippen molar-refractivity contribution >= 4 is 5.96 Å². The van der Waals surface area contributed by atoms with Gasteiger partial charge in [-0.2, -0.15) is 0 Å². The maximum Gasteiger partial charge on any atom is 0.191 e. The summed E-state index contributed by atoms with van der Waals surface area (Å²) in [5, 5.41) is 6.63. The molecule has 1 aromatic carbocycles. The molecule has 0 saturated heterocycles. The van der Waals surface area contributed by atoms with Crippen LogP contribution in [0, 0.1) is 0 Å². The van der Waals surface area contributed by atoms with Gasteiger partial charge in [-0.15, -0.1) is 0 Å². The third-order valence-electron chi connectivity index (χ3n) is 4.24. The monoisotopic (exact) mass is 334 g/mol. The zero-order valence-electron chi connectivity index (χ0n) is 16.1. The first-order chi connectivity index (χ1) is 11.4. The van der Waals surface area contributed by atoms with Crippen LogP contribution in [-0.2, 0) is 17.8 Å². The lowest BCUT2D eigenvalue weighted by Gasteiger charge is -2.24. The Hall–Kier alpha value is -1.59. The number of methoxy groups -OCH3 is 1. The van der Waals surface area contributed by atoms with Crippen LogP contribution in [0.4, 0.5) is 0 Å². The van der Waals surface area contributed by atoms with E-state index in [1.54, 1.807) is 14.2 Å². The molecule has 0 unspecified atom stereocenters. The Morgan fingerprint density at radius 2 is 1.67 bits per heavy atom. The van der Waals surface area contributed by atoms with Crippen molar-refractivity contribution < 1.29 is 4.74 Å². The first-order valence-electron chi connectivity index (χ1n) is 8.74. The lowest BCUT2D eigenvalue weighted by molar-refractivity contribution is 0.0268. The first kappa shape index (κ1) is 20.5. The molecule has 136 valence electrons. The average Bonchev–Trinajstić information content (AvgIpc) is 2.60. The second-order valence-electron chi connectivity index (χ2n) is 6.52. The number of rotatable bonds is 9. The fraction of sp³-hybridized carbons (Fsp3) is 0.632. The highest BCUT2D eigenvalue weighted by atomic mass is 16.5. The van der Waals surface area contributed by atoms with Crippen molar-refractivity contribution in [2.45, 2.75) is 46.4 Å². The largest absolute Gasteiger partial charge is 0.377 e. The van der Waals surface area contributed by atoms with Crippen molar-refractivity contribution in [1.82, 2.24) is 15.5 Å². The van der Waals surface area contributed by atoms with Gasteiger partial charge in [0, 0.05) is 33.8 Å². The highest BCUT2D eigenvalue weighted by Crippen LogP contribution is 2.08. The van der Waals surface area contributed by atoms with E-state index >= 15 is 0 Å². The van der Waals surface area contributed by atoms with E-state index in [1.165, 1.54) is 11.1 Å². The number of ether oxygens (including phenoxy) is 1. The summed E-state index contributed by atoms with van der Waals surface area (Å²) in [7, 11) is 3.50. The zero-order chi connectivity index (χ0) is 18.0. The highest BCUT2D eigenvalue weighted by Gasteiger charge is 2.16. The molecule has 2 N–H and O–H groups in total. The van der Waals surface area contributed by atoms with Gasteiger partial charge in [-0.1, -0.05) is 38.1 Å². The van der Waals surface area contributed by atoms with E-state index in [1.807, 2.05) is 13.8 Å². The van der Waals surface area contributed by atoms with Crippen LogP contribution in [0.5, 0.6) is 0 Å². The van der Waals surface area contributed by atoms with E-state index in [0.29, 0.717) is 6.54 Å². The van der Waals surface area contributed by atoms with E-state index in [4.69, 9.17) is 4.74 Å². The summed E-state index contributed by atoms with van der Waals surface area (Å²) in [4.78, 5) is 6.67. The summed E-state index contributed by atoms with van der Waals surface area (Å²) >= 11 is 0. The van der Waals surface area contributed by atoms with Crippen LogP contribution in [0.3, 0.4) is 0 Å². The van der Waals surface area contributed by atoms with Crippen molar-refractivity contribution in [1.29, 1.82) is 0 Å². The molecule has 5 nitrogen and oxygen atoms in total. The molecule has 0 fully saturated rings. The number of guanidine groups is 1. The molecule has 0 aromatic heterocycles. The molecule has 1 aromatic rings. The molecule has 0 atom stereocenters. The van der Waals surface area contributed by atoms with Crippen LogP contribution in [0.15, 0.2) is 29.3 Å². The van der Waals surface area contributed by atoms with Crippen LogP contribution >= 0.6 is 0 Å². The van der Waals surface area contributed by atoms with Crippen LogP contribution in [0.25, 0.3) is 0 Å². The van der Waals surface area contributed by atoms with Crippen LogP contribution in [-0.4, -0.2) is 50.3 Å². The van der Waals surface area contributed by atoms with Crippen LogP contribution in [0.1, 0.15) is 38.8 Å². The molecule has 24 heavy (non-hydrogen) atoms. The van der Waals surface area contributed by atoms with Gasteiger partial charge < -0.3 is 15.4 Å². The van der Waals surface area contributed by atoms with E-state index in [2.05, 4.69) is 58.6 Å². The Balaban J connectivity index is 2.48. The first-order valence-corrected chi connectivity index (χ1v) is 8.74. The maximum absolute atomic E-state index is 5.41. The number of hydrogen-bond acceptors (Lipinski definition) is 3. The van der Waals surface area contributed by atoms with E-state index in [-0.39, 0.29) is 5.60 Å². The molecule has 5 heteroatoms. The van der Waals surface area contributed by atoms with E-state index in [9.17, 15) is 0 Å². The van der Waals surface area contributed by atoms with Crippen molar-refractivity contribution in [3.05, 3.63) is 35.4 Å². The predicted molar refractivity (Wildman–Crippen MR) is 102 cm³/mol. The number of aliphatic imine (C=N–C) groups is 1. The number of benzene rings is 1. The molecule has 0 bridgehead atoms. The molecule has 1 rings (SSSR count). The Morgan fingerprint density at radius 3 is 2.17 bits per heavy atom. The van der Waals surface area contributed by atoms with Gasteiger partial charge in [0.1, 0.15) is 0 Å². The molecule has 0 radical (unpaired) electrons. The Bertz CT molecular complexity index is 493. The normalized spacial score (nSPS) is 12.5. The maximum atomic E-state index is 5.41. The standard InChI is InChI=1S/C19H34N4O/c1-7-23(8-2)14-17-11-9-16(10-12-17)13-21-18(20-5)22-15-19(3,4)24-6/h9-12H,7-8,13-15H2,1-6H3,(H2,20,21,22). The second kappa shape index (κ2) is 10.3. The van der Waals surface area contributed by atoms with Crippen molar-refractivity contribution in [3.8, 4) is 0 Å². The highest BCUT2D eigenvalue weighted by molar-refractivity contribution is 5.79. The fourth-order valence-electron chi connectivity index (χ4n) is 2.24. The topological polar surface area (TPSA) is 48.9 Å². The predicted octanol–water partition coefficient (Wildman–Crippen LogP) is 2.62. The Morgan fingerprint density at radius 1 is 1.08 bits per heavy atom. The van der Waals surface area contributed by atoms with Gasteiger partial charge >= 0.3 is 0 Å². The molecule has 0 saturated carbocycles. The van der Waals surface area contributed by atoms with Gasteiger partial charge in [0.25, 0.3) is 0 Å². The number of hydrogen-bond donors (Lipinski definition) is 2. The number of nitrogens with zero attached hydrogens (tertiary/aromatic N) is 2. The summed E-state index contributed by atoms with van der Waals surface area (Å²) in [5.74, 6) is 0.785. The number of nitrogens with one attached hydrogen (secondary N) is 2. The van der Waals surface area contributed by atoms with Crippen LogP contribution < -0.4 is 10.6 Å². The van der Waals surface area contributed by atoms with E-state index in [0.717, 1.165) is 32.1 Å². The summed E-state index contributed by atoms with van der Waals surface area (Å²) in [6, 6.07) is 8.77. The lowest BCUT2D eigenvalue weighted by atomic mass is 10.1. The zero-order valence-corrected chi connectivity index (χ0v) is 16.1. The van der Waals surface area contributed by atoms with Crippen molar-refractivity contribution in [2.24, 2.45) is 4.99 Å². The Labute approximate surface area is 147 Å². The molecule has 0 amide bonds. The molecular weight excluding hydrogens is 300 g/mol. The quantitative estimate of drug-likeness (QED) is 0.538. The minimum Gasteiger partial charge on any atom is -0.377 e. The second-order valence-corrected chi connectivity index (χ2v) is 6.52. The van der Waals surface area contributed by atoms with Crippen molar-refractivity contribution in [2.75, 3.05) is 33.8 Å². The summed E-state index contributed by atoms with van der Waals surface area (Å²) in [6.07, 6.45) is 0. The van der Waals surface area contributed by atoms with Gasteiger partial charge in [0.15, 0.2) is 5.96 Å². The summed E-state index contributed by atoms with van der Waals surface area (Å²) in [6.45, 7) is 13.1. The third-order valence-corrected chi connectivity index (χ3v) is 4.24. The molecule has 0 aliphatic heterocycles. The van der Waals surface area contributed by atoms with Gasteiger partial charge in [0.2, 0.25) is 0 Å². The van der Waals surface area contributed by atoms with Gasteiger partial charge in [-0.05, 0) is 38.1 Å². The smallest absolute Gasteiger partial charge is 0.191 e. The average molecular weight is 335 g/mol. The van der Waals surface area contributed by atoms with Gasteiger partial charge in [-0.3, -0.25) is 9.89 Å².